The lowest BCUT2D eigenvalue weighted by molar-refractivity contribution is -0.192. The molecule has 6 aromatic rings. The maximum atomic E-state index is 14.9. The number of carbonyl (C=O) groups is 1. The minimum atomic E-state index is -1.53. The van der Waals surface area contributed by atoms with E-state index >= 15 is 0 Å². The number of piperazine rings is 1. The van der Waals surface area contributed by atoms with Gasteiger partial charge in [0.15, 0.2) is 0 Å². The molecule has 4 aromatic carbocycles. The van der Waals surface area contributed by atoms with Crippen molar-refractivity contribution in [2.75, 3.05) is 49.2 Å². The zero-order chi connectivity index (χ0) is 41.8. The molecule has 312 valence electrons. The Morgan fingerprint density at radius 2 is 1.57 bits per heavy atom. The first-order valence-electron chi connectivity index (χ1n) is 19.7. The first-order valence-corrected chi connectivity index (χ1v) is 19.7. The summed E-state index contributed by atoms with van der Waals surface area (Å²) in [5.74, 6) is -3.38. The number of carboxylic acid groups (broad SMARTS) is 1. The van der Waals surface area contributed by atoms with Gasteiger partial charge in [-0.1, -0.05) is 30.3 Å². The number of hydrogen-bond acceptors (Lipinski definition) is 11. The number of halogens is 2. The number of ether oxygens (including phenoxy) is 3. The quantitative estimate of drug-likeness (QED) is 0.144. The van der Waals surface area contributed by atoms with E-state index in [2.05, 4.69) is 30.3 Å². The summed E-state index contributed by atoms with van der Waals surface area (Å²) < 4.78 is 51.4. The van der Waals surface area contributed by atoms with E-state index in [0.717, 1.165) is 49.7 Å². The molecule has 4 unspecified atom stereocenters. The number of aliphatic carboxylic acids is 1. The third-order valence-electron chi connectivity index (χ3n) is 11.1. The van der Waals surface area contributed by atoms with Crippen molar-refractivity contribution < 1.29 is 32.9 Å². The fourth-order valence-corrected chi connectivity index (χ4v) is 7.61. The van der Waals surface area contributed by atoms with Crippen LogP contribution < -0.4 is 25.5 Å². The lowest BCUT2D eigenvalue weighted by Gasteiger charge is -2.37. The molecule has 2 aliphatic rings. The van der Waals surface area contributed by atoms with E-state index in [1.54, 1.807) is 24.3 Å². The van der Waals surface area contributed by atoms with Gasteiger partial charge in [-0.05, 0) is 80.1 Å². The summed E-state index contributed by atoms with van der Waals surface area (Å²) in [5.41, 5.74) is 3.15. The van der Waals surface area contributed by atoms with Gasteiger partial charge in [0.25, 0.3) is 0 Å². The van der Waals surface area contributed by atoms with Gasteiger partial charge in [-0.15, -0.1) is 0 Å². The van der Waals surface area contributed by atoms with Crippen LogP contribution in [0.25, 0.3) is 5.69 Å². The number of nitrogens with zero attached hydrogens (tertiary/aromatic N) is 8. The average Bonchev–Trinajstić information content (AvgIpc) is 4.03. The van der Waals surface area contributed by atoms with Crippen LogP contribution in [0.4, 0.5) is 20.2 Å². The van der Waals surface area contributed by atoms with Crippen LogP contribution in [0.1, 0.15) is 37.1 Å². The number of rotatable bonds is 15. The molecule has 2 aromatic heterocycles. The van der Waals surface area contributed by atoms with Crippen molar-refractivity contribution in [2.45, 2.75) is 50.4 Å². The second-order valence-corrected chi connectivity index (χ2v) is 14.9. The zero-order valence-electron chi connectivity index (χ0n) is 33.1. The molecule has 2 fully saturated rings. The molecule has 5 atom stereocenters. The molecule has 8 rings (SSSR count). The minimum absolute atomic E-state index is 0.0147. The van der Waals surface area contributed by atoms with Gasteiger partial charge in [0.2, 0.25) is 5.79 Å². The Hall–Kier alpha value is -6.43. The van der Waals surface area contributed by atoms with Gasteiger partial charge in [-0.25, -0.2) is 32.5 Å². The van der Waals surface area contributed by atoms with E-state index in [9.17, 15) is 23.5 Å². The Labute approximate surface area is 344 Å². The summed E-state index contributed by atoms with van der Waals surface area (Å²) in [6.45, 7) is 7.15. The van der Waals surface area contributed by atoms with Gasteiger partial charge in [0.05, 0.1) is 18.3 Å². The molecule has 0 bridgehead atoms. The second-order valence-electron chi connectivity index (χ2n) is 14.9. The fraction of sp³-hybridized carbons (Fsp3) is 0.326. The van der Waals surface area contributed by atoms with Crippen molar-refractivity contribution in [1.82, 2.24) is 34.4 Å². The predicted molar refractivity (Wildman–Crippen MR) is 217 cm³/mol. The molecule has 17 heteroatoms. The Kier molecular flexibility index (Phi) is 11.7. The highest BCUT2D eigenvalue weighted by Gasteiger charge is 2.46. The number of hydrogen-bond donors (Lipinski definition) is 2. The summed E-state index contributed by atoms with van der Waals surface area (Å²) in [6.07, 6.45) is 3.79. The highest BCUT2D eigenvalue weighted by molar-refractivity contribution is 5.75. The second kappa shape index (κ2) is 17.4. The van der Waals surface area contributed by atoms with Crippen molar-refractivity contribution in [3.05, 3.63) is 149 Å². The summed E-state index contributed by atoms with van der Waals surface area (Å²) in [5, 5.41) is 21.5. The number of aromatic nitrogens is 6. The fourth-order valence-electron chi connectivity index (χ4n) is 7.61. The van der Waals surface area contributed by atoms with Crippen molar-refractivity contribution in [1.29, 1.82) is 0 Å². The molecular formula is C43H45F2N9O6. The maximum Gasteiger partial charge on any atom is 0.350 e. The Bertz CT molecular complexity index is 2420. The van der Waals surface area contributed by atoms with Gasteiger partial charge in [-0.2, -0.15) is 10.2 Å². The van der Waals surface area contributed by atoms with Crippen molar-refractivity contribution in [3.8, 4) is 11.4 Å². The summed E-state index contributed by atoms with van der Waals surface area (Å²) >= 11 is 0. The van der Waals surface area contributed by atoms with Crippen LogP contribution >= 0.6 is 0 Å². The SMILES string of the molecule is CC(N[C@H](C(=O)O)c1ccccc1)C(C)n1ncn(-c2ccc(N3CCN(c4ccc(OCC5COC(Cn6cncn6)(c6ccc(F)cc6F)O5)cc4)CC3)cc2)c1=O. The third-order valence-corrected chi connectivity index (χ3v) is 11.1. The van der Waals surface area contributed by atoms with E-state index in [1.165, 1.54) is 39.0 Å². The molecule has 0 aliphatic carbocycles. The molecule has 2 saturated heterocycles. The Balaban J connectivity index is 0.830. The van der Waals surface area contributed by atoms with E-state index in [-0.39, 0.29) is 37.1 Å². The molecule has 2 aliphatic heterocycles. The first-order chi connectivity index (χ1) is 29.1. The number of benzene rings is 4. The van der Waals surface area contributed by atoms with E-state index in [4.69, 9.17) is 14.2 Å². The van der Waals surface area contributed by atoms with Crippen LogP contribution in [-0.4, -0.2) is 91.7 Å². The Morgan fingerprint density at radius 3 is 2.20 bits per heavy atom. The minimum Gasteiger partial charge on any atom is -0.491 e. The summed E-state index contributed by atoms with van der Waals surface area (Å²) in [7, 11) is 0. The summed E-state index contributed by atoms with van der Waals surface area (Å²) in [4.78, 5) is 34.1. The molecular weight excluding hydrogens is 777 g/mol. The lowest BCUT2D eigenvalue weighted by atomic mass is 10.0. The predicted octanol–water partition coefficient (Wildman–Crippen LogP) is 4.94. The van der Waals surface area contributed by atoms with Crippen molar-refractivity contribution in [3.63, 3.8) is 0 Å². The van der Waals surface area contributed by atoms with Crippen molar-refractivity contribution >= 4 is 17.3 Å². The molecule has 15 nitrogen and oxygen atoms in total. The van der Waals surface area contributed by atoms with E-state index in [0.29, 0.717) is 17.0 Å². The zero-order valence-corrected chi connectivity index (χ0v) is 33.1. The molecule has 0 amide bonds. The maximum absolute atomic E-state index is 14.9. The van der Waals surface area contributed by atoms with Gasteiger partial charge in [0.1, 0.15) is 61.7 Å². The lowest BCUT2D eigenvalue weighted by Crippen LogP contribution is -2.46. The number of nitrogens with one attached hydrogen (secondary N) is 1. The van der Waals surface area contributed by atoms with Gasteiger partial charge < -0.3 is 29.1 Å². The number of carboxylic acids is 1. The van der Waals surface area contributed by atoms with Crippen LogP contribution in [0.15, 0.2) is 121 Å². The van der Waals surface area contributed by atoms with Crippen LogP contribution in [0.2, 0.25) is 0 Å². The normalized spacial score (nSPS) is 19.6. The largest absolute Gasteiger partial charge is 0.491 e. The average molecular weight is 822 g/mol. The standard InChI is InChI=1S/C43H45F2N9O6/c1-29(49-40(41(55)56)31-6-4-3-5-7-31)30(2)54-42(57)53(28-48-54)35-11-9-33(10-12-35)50-18-20-51(21-19-50)34-13-15-36(16-14-34)58-23-37-24-59-43(60-37,25-52-27-46-26-47-52)38-17-8-32(44)22-39(38)45/h3-17,22,26-30,37,40,49H,18-21,23-25H2,1-2H3,(H,55,56)/t29?,30?,37?,40-,43?/m0/s1. The topological polar surface area (TPSA) is 154 Å². The smallest absolute Gasteiger partial charge is 0.350 e. The Morgan fingerprint density at radius 1 is 0.900 bits per heavy atom. The van der Waals surface area contributed by atoms with Gasteiger partial charge >= 0.3 is 11.7 Å². The molecule has 4 heterocycles. The van der Waals surface area contributed by atoms with E-state index < -0.39 is 41.6 Å². The van der Waals surface area contributed by atoms with Crippen LogP contribution in [0.5, 0.6) is 5.75 Å². The molecule has 60 heavy (non-hydrogen) atoms. The van der Waals surface area contributed by atoms with Gasteiger partial charge in [-0.3, -0.25) is 10.1 Å². The molecule has 0 spiro atoms. The number of anilines is 2. The highest BCUT2D eigenvalue weighted by Crippen LogP contribution is 2.38. The third kappa shape index (κ3) is 8.64. The van der Waals surface area contributed by atoms with Crippen LogP contribution in [-0.2, 0) is 26.6 Å². The molecule has 2 N–H and O–H groups in total. The van der Waals surface area contributed by atoms with Crippen LogP contribution in [0.3, 0.4) is 0 Å². The van der Waals surface area contributed by atoms with E-state index in [1.807, 2.05) is 68.4 Å². The molecule has 0 saturated carbocycles. The first kappa shape index (κ1) is 40.4. The van der Waals surface area contributed by atoms with Crippen molar-refractivity contribution in [2.24, 2.45) is 0 Å². The van der Waals surface area contributed by atoms with Crippen LogP contribution in [0, 0.1) is 11.6 Å². The summed E-state index contributed by atoms with van der Waals surface area (Å²) in [6, 6.07) is 26.1. The van der Waals surface area contributed by atoms with Gasteiger partial charge in [0, 0.05) is 55.2 Å². The molecule has 0 radical (unpaired) electrons. The monoisotopic (exact) mass is 821 g/mol. The highest BCUT2D eigenvalue weighted by atomic mass is 19.1.